The fourth-order valence-electron chi connectivity index (χ4n) is 1.76. The fourth-order valence-corrected chi connectivity index (χ4v) is 2.75. The number of aryl methyl sites for hydroxylation is 2. The highest BCUT2D eigenvalue weighted by Crippen LogP contribution is 2.21. The summed E-state index contributed by atoms with van der Waals surface area (Å²) < 4.78 is 1.42. The second-order valence-corrected chi connectivity index (χ2v) is 5.49. The number of nitrogens with zero attached hydrogens (tertiary/aromatic N) is 2. The number of amidine groups is 1. The fraction of sp³-hybridized carbons (Fsp3) is 0.231. The molecule has 0 aliphatic heterocycles. The Hall–Kier alpha value is -2.35. The number of aromatic nitrogens is 3. The van der Waals surface area contributed by atoms with Crippen molar-refractivity contribution in [2.24, 2.45) is 12.8 Å². The molecule has 1 aromatic heterocycles. The van der Waals surface area contributed by atoms with E-state index in [2.05, 4.69) is 10.1 Å². The van der Waals surface area contributed by atoms with Gasteiger partial charge in [-0.25, -0.2) is 0 Å². The molecule has 0 unspecified atom stereocenters. The van der Waals surface area contributed by atoms with Gasteiger partial charge in [0.1, 0.15) is 5.84 Å². The molecule has 2 rings (SSSR count). The van der Waals surface area contributed by atoms with Crippen LogP contribution in [0.15, 0.2) is 32.9 Å². The molecule has 0 aliphatic rings. The minimum atomic E-state index is -0.792. The van der Waals surface area contributed by atoms with E-state index in [1.807, 2.05) is 19.1 Å². The molecule has 0 saturated carbocycles. The Balaban J connectivity index is 2.21. The number of aromatic amines is 1. The van der Waals surface area contributed by atoms with Crippen molar-refractivity contribution in [2.75, 3.05) is 0 Å². The van der Waals surface area contributed by atoms with Crippen LogP contribution in [0.4, 0.5) is 0 Å². The van der Waals surface area contributed by atoms with Crippen molar-refractivity contribution in [3.8, 4) is 0 Å². The minimum absolute atomic E-state index is 0.0296. The van der Waals surface area contributed by atoms with Crippen molar-refractivity contribution >= 4 is 17.6 Å². The number of nitrogens with two attached hydrogens (primary N) is 1. The molecule has 7 nitrogen and oxygen atoms in total. The molecule has 0 radical (unpaired) electrons. The van der Waals surface area contributed by atoms with Crippen molar-refractivity contribution in [1.82, 2.24) is 14.8 Å². The first-order valence-corrected chi connectivity index (χ1v) is 7.11. The lowest BCUT2D eigenvalue weighted by molar-refractivity contribution is 0.596. The molecule has 4 N–H and O–H groups in total. The number of thioether (sulfide) groups is 1. The molecule has 0 atom stereocenters. The van der Waals surface area contributed by atoms with Crippen LogP contribution >= 0.6 is 11.8 Å². The van der Waals surface area contributed by atoms with Crippen LogP contribution in [-0.2, 0) is 12.8 Å². The van der Waals surface area contributed by atoms with Gasteiger partial charge in [0.15, 0.2) is 5.16 Å². The van der Waals surface area contributed by atoms with Crippen molar-refractivity contribution in [2.45, 2.75) is 17.8 Å². The van der Waals surface area contributed by atoms with Gasteiger partial charge in [-0.2, -0.15) is 4.98 Å². The predicted molar refractivity (Wildman–Crippen MR) is 81.9 cm³/mol. The Bertz CT molecular complexity index is 809. The van der Waals surface area contributed by atoms with Crippen molar-refractivity contribution < 1.29 is 0 Å². The molecule has 21 heavy (non-hydrogen) atoms. The molecule has 8 heteroatoms. The molecule has 0 aliphatic carbocycles. The zero-order valence-corrected chi connectivity index (χ0v) is 12.5. The van der Waals surface area contributed by atoms with Gasteiger partial charge < -0.3 is 5.73 Å². The smallest absolute Gasteiger partial charge is 0.339 e. The summed E-state index contributed by atoms with van der Waals surface area (Å²) in [6.45, 7) is 1.93. The molecule has 0 amide bonds. The lowest BCUT2D eigenvalue weighted by atomic mass is 10.1. The molecule has 0 spiro atoms. The van der Waals surface area contributed by atoms with Crippen LogP contribution in [0, 0.1) is 12.3 Å². The van der Waals surface area contributed by atoms with Crippen molar-refractivity contribution in [1.29, 1.82) is 5.41 Å². The number of benzene rings is 1. The van der Waals surface area contributed by atoms with Gasteiger partial charge in [0.2, 0.25) is 0 Å². The summed E-state index contributed by atoms with van der Waals surface area (Å²) in [5, 5.41) is 10.2. The topological polar surface area (TPSA) is 118 Å². The highest BCUT2D eigenvalue weighted by molar-refractivity contribution is 7.98. The number of hydrogen-bond donors (Lipinski definition) is 3. The molecular formula is C13H15N5O2S. The Morgan fingerprint density at radius 1 is 1.48 bits per heavy atom. The third-order valence-corrected chi connectivity index (χ3v) is 4.04. The van der Waals surface area contributed by atoms with E-state index in [9.17, 15) is 9.59 Å². The van der Waals surface area contributed by atoms with Crippen LogP contribution in [0.2, 0.25) is 0 Å². The van der Waals surface area contributed by atoms with Gasteiger partial charge in [0.25, 0.3) is 0 Å². The zero-order valence-electron chi connectivity index (χ0n) is 11.6. The summed E-state index contributed by atoms with van der Waals surface area (Å²) in [7, 11) is 1.63. The predicted octanol–water partition coefficient (Wildman–Crippen LogP) is 0.353. The van der Waals surface area contributed by atoms with Crippen molar-refractivity contribution in [3.63, 3.8) is 0 Å². The summed E-state index contributed by atoms with van der Waals surface area (Å²) in [4.78, 5) is 26.1. The monoisotopic (exact) mass is 305 g/mol. The van der Waals surface area contributed by atoms with Crippen LogP contribution in [0.3, 0.4) is 0 Å². The number of nitrogens with one attached hydrogen (secondary N) is 2. The Labute approximate surface area is 124 Å². The van der Waals surface area contributed by atoms with Gasteiger partial charge in [-0.05, 0) is 24.1 Å². The molecule has 0 bridgehead atoms. The number of nitrogen functional groups attached to an aromatic ring is 1. The van der Waals surface area contributed by atoms with Crippen LogP contribution in [-0.4, -0.2) is 20.6 Å². The van der Waals surface area contributed by atoms with E-state index in [4.69, 9.17) is 11.1 Å². The second-order valence-electron chi connectivity index (χ2n) is 4.54. The van der Waals surface area contributed by atoms with E-state index in [0.29, 0.717) is 16.5 Å². The Kier molecular flexibility index (Phi) is 4.27. The highest BCUT2D eigenvalue weighted by atomic mass is 32.2. The summed E-state index contributed by atoms with van der Waals surface area (Å²) >= 11 is 1.35. The zero-order chi connectivity index (χ0) is 15.6. The van der Waals surface area contributed by atoms with Crippen LogP contribution in [0.25, 0.3) is 0 Å². The van der Waals surface area contributed by atoms with E-state index in [1.54, 1.807) is 13.1 Å². The van der Waals surface area contributed by atoms with E-state index < -0.39 is 11.1 Å². The van der Waals surface area contributed by atoms with E-state index in [-0.39, 0.29) is 5.84 Å². The molecule has 0 saturated heterocycles. The quantitative estimate of drug-likeness (QED) is 0.326. The first kappa shape index (κ1) is 15.0. The van der Waals surface area contributed by atoms with Crippen LogP contribution in [0.5, 0.6) is 0 Å². The van der Waals surface area contributed by atoms with E-state index in [1.165, 1.54) is 16.4 Å². The molecule has 2 aromatic rings. The Morgan fingerprint density at radius 3 is 2.81 bits per heavy atom. The van der Waals surface area contributed by atoms with Gasteiger partial charge in [-0.15, -0.1) is 0 Å². The largest absolute Gasteiger partial charge is 0.384 e. The summed E-state index contributed by atoms with van der Waals surface area (Å²) in [5.74, 6) is 0.623. The normalized spacial score (nSPS) is 10.6. The van der Waals surface area contributed by atoms with Gasteiger partial charge in [-0.1, -0.05) is 23.9 Å². The third-order valence-electron chi connectivity index (χ3n) is 2.96. The average molecular weight is 305 g/mol. The molecule has 110 valence electrons. The Morgan fingerprint density at radius 2 is 2.19 bits per heavy atom. The maximum atomic E-state index is 11.3. The third kappa shape index (κ3) is 3.40. The number of rotatable bonds is 4. The van der Waals surface area contributed by atoms with Crippen LogP contribution in [0.1, 0.15) is 16.7 Å². The second kappa shape index (κ2) is 5.96. The average Bonchev–Trinajstić information content (AvgIpc) is 2.42. The molecular weight excluding hydrogens is 290 g/mol. The molecule has 0 fully saturated rings. The van der Waals surface area contributed by atoms with Gasteiger partial charge in [0, 0.05) is 18.4 Å². The first-order chi connectivity index (χ1) is 9.88. The summed E-state index contributed by atoms with van der Waals surface area (Å²) in [5.41, 5.74) is 6.65. The van der Waals surface area contributed by atoms with E-state index >= 15 is 0 Å². The standard InChI is InChI=1S/C13H15N5O2S/c1-7-5-8(10(14)15)3-4-9(7)6-21-13-16-11(19)12(20)17-18(13)2/h3-5H,6H2,1-2H3,(H3,14,15)(H,17,20). The highest BCUT2D eigenvalue weighted by Gasteiger charge is 2.07. The molecule has 1 aromatic carbocycles. The maximum Gasteiger partial charge on any atom is 0.339 e. The number of hydrogen-bond acceptors (Lipinski definition) is 5. The first-order valence-electron chi connectivity index (χ1n) is 6.12. The van der Waals surface area contributed by atoms with Gasteiger partial charge in [-0.3, -0.25) is 24.8 Å². The lowest BCUT2D eigenvalue weighted by Crippen LogP contribution is -2.33. The van der Waals surface area contributed by atoms with Crippen LogP contribution < -0.4 is 16.9 Å². The lowest BCUT2D eigenvalue weighted by Gasteiger charge is -2.09. The van der Waals surface area contributed by atoms with Gasteiger partial charge in [0.05, 0.1) is 0 Å². The van der Waals surface area contributed by atoms with Crippen molar-refractivity contribution in [3.05, 3.63) is 55.6 Å². The minimum Gasteiger partial charge on any atom is -0.384 e. The van der Waals surface area contributed by atoms with E-state index in [0.717, 1.165) is 11.1 Å². The molecule has 1 heterocycles. The summed E-state index contributed by atoms with van der Waals surface area (Å²) in [6.07, 6.45) is 0. The van der Waals surface area contributed by atoms with Gasteiger partial charge >= 0.3 is 11.1 Å². The summed E-state index contributed by atoms with van der Waals surface area (Å²) in [6, 6.07) is 5.52. The SMILES string of the molecule is Cc1cc(C(=N)N)ccc1CSc1nc(=O)c(=O)[nH]n1C. The number of H-pyrrole nitrogens is 1. The maximum absolute atomic E-state index is 11.3.